The summed E-state index contributed by atoms with van der Waals surface area (Å²) in [5, 5.41) is 50.0. The van der Waals surface area contributed by atoms with Crippen LogP contribution in [0.3, 0.4) is 0 Å². The number of aromatic hydroxyl groups is 3. The van der Waals surface area contributed by atoms with Gasteiger partial charge in [0.25, 0.3) is 0 Å². The quantitative estimate of drug-likeness (QED) is 0.411. The third kappa shape index (κ3) is 2.39. The highest BCUT2D eigenvalue weighted by Crippen LogP contribution is 2.39. The molecule has 96 valence electrons. The normalized spacial score (nSPS) is 27.8. The second kappa shape index (κ2) is 4.97. The number of aliphatic hydroxyl groups excluding tert-OH is 2. The van der Waals surface area contributed by atoms with E-state index in [-0.39, 0.29) is 41.8 Å². The van der Waals surface area contributed by atoms with Crippen LogP contribution in [0.2, 0.25) is 0 Å². The van der Waals surface area contributed by atoms with Gasteiger partial charge in [0.2, 0.25) is 0 Å². The van der Waals surface area contributed by atoms with Gasteiger partial charge in [0.05, 0.1) is 17.7 Å². The van der Waals surface area contributed by atoms with Crippen LogP contribution < -0.4 is 5.32 Å². The van der Waals surface area contributed by atoms with Crippen molar-refractivity contribution in [3.05, 3.63) is 17.7 Å². The Bertz CT molecular complexity index is 391. The van der Waals surface area contributed by atoms with Crippen molar-refractivity contribution in [1.29, 1.82) is 0 Å². The van der Waals surface area contributed by atoms with Gasteiger partial charge in [-0.1, -0.05) is 0 Å². The van der Waals surface area contributed by atoms with Crippen molar-refractivity contribution in [3.63, 3.8) is 0 Å². The summed E-state index contributed by atoms with van der Waals surface area (Å²) in [6, 6.07) is 1.37. The molecule has 17 heavy (non-hydrogen) atoms. The standard InChI is InChI=1S/C10H13NO5.ClH/c12-4-1-5(13)8(6(14)2-4)9-10(16)7(15)3-11-9;/h1-2,7,9-16H,3H2;1H/t7-,9-,10+;/m0./s1. The lowest BCUT2D eigenvalue weighted by Gasteiger charge is -2.18. The molecule has 0 aliphatic carbocycles. The van der Waals surface area contributed by atoms with Crippen LogP contribution in [-0.2, 0) is 0 Å². The van der Waals surface area contributed by atoms with Gasteiger partial charge in [-0.15, -0.1) is 12.4 Å². The van der Waals surface area contributed by atoms with E-state index in [0.717, 1.165) is 12.1 Å². The van der Waals surface area contributed by atoms with Crippen LogP contribution in [0.15, 0.2) is 12.1 Å². The van der Waals surface area contributed by atoms with Crippen LogP contribution in [0, 0.1) is 0 Å². The second-order valence-electron chi connectivity index (χ2n) is 3.84. The van der Waals surface area contributed by atoms with Gasteiger partial charge in [-0.2, -0.15) is 0 Å². The molecule has 0 spiro atoms. The highest BCUT2D eigenvalue weighted by atomic mass is 35.5. The van der Waals surface area contributed by atoms with Crippen molar-refractivity contribution >= 4 is 12.4 Å². The van der Waals surface area contributed by atoms with E-state index in [1.807, 2.05) is 0 Å². The van der Waals surface area contributed by atoms with Gasteiger partial charge in [0, 0.05) is 18.7 Å². The maximum atomic E-state index is 9.63. The lowest BCUT2D eigenvalue weighted by atomic mass is 9.99. The van der Waals surface area contributed by atoms with E-state index in [9.17, 15) is 20.4 Å². The molecule has 6 nitrogen and oxygen atoms in total. The molecule has 0 unspecified atom stereocenters. The van der Waals surface area contributed by atoms with Gasteiger partial charge < -0.3 is 30.8 Å². The molecular weight excluding hydrogens is 250 g/mol. The largest absolute Gasteiger partial charge is 0.508 e. The van der Waals surface area contributed by atoms with Crippen LogP contribution in [-0.4, -0.2) is 44.3 Å². The van der Waals surface area contributed by atoms with Crippen LogP contribution in [0.4, 0.5) is 0 Å². The number of phenols is 3. The molecule has 3 atom stereocenters. The second-order valence-corrected chi connectivity index (χ2v) is 3.84. The molecule has 7 heteroatoms. The minimum absolute atomic E-state index is 0. The van der Waals surface area contributed by atoms with E-state index in [1.165, 1.54) is 0 Å². The highest BCUT2D eigenvalue weighted by Gasteiger charge is 2.37. The Morgan fingerprint density at radius 1 is 1.06 bits per heavy atom. The van der Waals surface area contributed by atoms with Crippen LogP contribution in [0.25, 0.3) is 0 Å². The van der Waals surface area contributed by atoms with Gasteiger partial charge in [0.15, 0.2) is 0 Å². The Balaban J connectivity index is 0.00000144. The Kier molecular flexibility index (Phi) is 4.05. The monoisotopic (exact) mass is 263 g/mol. The van der Waals surface area contributed by atoms with Crippen molar-refractivity contribution < 1.29 is 25.5 Å². The van der Waals surface area contributed by atoms with E-state index < -0.39 is 18.2 Å². The lowest BCUT2D eigenvalue weighted by Crippen LogP contribution is -2.25. The van der Waals surface area contributed by atoms with Crippen molar-refractivity contribution in [3.8, 4) is 17.2 Å². The first-order chi connectivity index (χ1) is 7.50. The average molecular weight is 264 g/mol. The average Bonchev–Trinajstić information content (AvgIpc) is 2.48. The number of hydrogen-bond donors (Lipinski definition) is 6. The van der Waals surface area contributed by atoms with Gasteiger partial charge in [0.1, 0.15) is 23.4 Å². The Morgan fingerprint density at radius 3 is 2.00 bits per heavy atom. The zero-order valence-electron chi connectivity index (χ0n) is 8.74. The van der Waals surface area contributed by atoms with Crippen molar-refractivity contribution in [1.82, 2.24) is 5.32 Å². The first-order valence-corrected chi connectivity index (χ1v) is 4.85. The Hall–Kier alpha value is -1.21. The maximum absolute atomic E-state index is 9.63. The van der Waals surface area contributed by atoms with Gasteiger partial charge in [-0.25, -0.2) is 0 Å². The van der Waals surface area contributed by atoms with Crippen LogP contribution in [0.5, 0.6) is 17.2 Å². The van der Waals surface area contributed by atoms with Crippen molar-refractivity contribution in [2.24, 2.45) is 0 Å². The fraction of sp³-hybridized carbons (Fsp3) is 0.400. The van der Waals surface area contributed by atoms with Gasteiger partial charge in [-0.3, -0.25) is 0 Å². The predicted molar refractivity (Wildman–Crippen MR) is 61.4 cm³/mol. The minimum Gasteiger partial charge on any atom is -0.508 e. The summed E-state index contributed by atoms with van der Waals surface area (Å²) in [6.45, 7) is 0.172. The zero-order chi connectivity index (χ0) is 11.9. The fourth-order valence-corrected chi connectivity index (χ4v) is 1.91. The van der Waals surface area contributed by atoms with E-state index in [1.54, 1.807) is 0 Å². The topological polar surface area (TPSA) is 113 Å². The number of hydrogen-bond acceptors (Lipinski definition) is 6. The number of β-amino-alcohol motifs (C(OH)–C–C–N with tert-alkyl or cyclic N) is 1. The number of phenolic OH excluding ortho intramolecular Hbond substituents is 3. The molecule has 1 aliphatic heterocycles. The minimum atomic E-state index is -1.11. The third-order valence-electron chi connectivity index (χ3n) is 2.71. The molecule has 6 N–H and O–H groups in total. The molecule has 1 aliphatic rings. The number of rotatable bonds is 1. The number of nitrogens with one attached hydrogen (secondary N) is 1. The smallest absolute Gasteiger partial charge is 0.127 e. The molecule has 0 bridgehead atoms. The number of benzene rings is 1. The molecule has 1 heterocycles. The lowest BCUT2D eigenvalue weighted by molar-refractivity contribution is 0.0397. The molecule has 0 aromatic heterocycles. The first kappa shape index (κ1) is 13.9. The molecule has 1 aromatic carbocycles. The summed E-state index contributed by atoms with van der Waals surface area (Å²) < 4.78 is 0. The van der Waals surface area contributed by atoms with E-state index in [4.69, 9.17) is 5.11 Å². The predicted octanol–water partition coefficient (Wildman–Crippen LogP) is -0.409. The summed E-state index contributed by atoms with van der Waals surface area (Å²) in [4.78, 5) is 0. The first-order valence-electron chi connectivity index (χ1n) is 4.85. The molecule has 1 aromatic rings. The molecule has 1 saturated heterocycles. The maximum Gasteiger partial charge on any atom is 0.127 e. The molecule has 0 radical (unpaired) electrons. The number of aliphatic hydroxyl groups is 2. The van der Waals surface area contributed by atoms with Crippen molar-refractivity contribution in [2.45, 2.75) is 18.2 Å². The van der Waals surface area contributed by atoms with E-state index >= 15 is 0 Å². The summed E-state index contributed by atoms with van der Waals surface area (Å²) in [7, 11) is 0. The molecule has 2 rings (SSSR count). The van der Waals surface area contributed by atoms with E-state index in [0.29, 0.717) is 0 Å². The summed E-state index contributed by atoms with van der Waals surface area (Å²) in [5.74, 6) is -0.932. The number of halogens is 1. The zero-order valence-corrected chi connectivity index (χ0v) is 9.55. The molecular formula is C10H14ClNO5. The van der Waals surface area contributed by atoms with Crippen LogP contribution >= 0.6 is 12.4 Å². The van der Waals surface area contributed by atoms with Gasteiger partial charge >= 0.3 is 0 Å². The molecule has 0 amide bonds. The highest BCUT2D eigenvalue weighted by molar-refractivity contribution is 5.85. The molecule has 1 fully saturated rings. The van der Waals surface area contributed by atoms with Crippen molar-refractivity contribution in [2.75, 3.05) is 6.54 Å². The summed E-state index contributed by atoms with van der Waals surface area (Å²) in [6.07, 6.45) is -2.06. The van der Waals surface area contributed by atoms with E-state index in [2.05, 4.69) is 5.32 Å². The Labute approximate surface area is 104 Å². The Morgan fingerprint density at radius 2 is 1.59 bits per heavy atom. The third-order valence-corrected chi connectivity index (χ3v) is 2.71. The molecule has 0 saturated carbocycles. The summed E-state index contributed by atoms with van der Waals surface area (Å²) >= 11 is 0. The van der Waals surface area contributed by atoms with Gasteiger partial charge in [-0.05, 0) is 0 Å². The summed E-state index contributed by atoms with van der Waals surface area (Å²) in [5.41, 5.74) is 0.0712. The van der Waals surface area contributed by atoms with Crippen LogP contribution in [0.1, 0.15) is 11.6 Å². The SMILES string of the molecule is Cl.Oc1cc(O)c([C@@H]2NC[C@H](O)[C@H]2O)c(O)c1. The fourth-order valence-electron chi connectivity index (χ4n) is 1.91.